The molecule has 0 saturated carbocycles. The van der Waals surface area contributed by atoms with Crippen molar-refractivity contribution in [3.05, 3.63) is 65.4 Å². The quantitative estimate of drug-likeness (QED) is 0.522. The predicted molar refractivity (Wildman–Crippen MR) is 93.9 cm³/mol. The van der Waals surface area contributed by atoms with Gasteiger partial charge in [-0.25, -0.2) is 5.43 Å². The Kier molecular flexibility index (Phi) is 5.16. The third kappa shape index (κ3) is 4.46. The first-order valence-corrected chi connectivity index (χ1v) is 8.04. The van der Waals surface area contributed by atoms with Gasteiger partial charge in [-0.3, -0.25) is 4.79 Å². The summed E-state index contributed by atoms with van der Waals surface area (Å²) in [6.45, 7) is 2.38. The molecule has 0 aliphatic carbocycles. The summed E-state index contributed by atoms with van der Waals surface area (Å²) >= 11 is 0. The zero-order chi connectivity index (χ0) is 19.4. The molecule has 0 fully saturated rings. The Labute approximate surface area is 152 Å². The fourth-order valence-corrected chi connectivity index (χ4v) is 2.41. The van der Waals surface area contributed by atoms with Crippen molar-refractivity contribution in [3.8, 4) is 5.75 Å². The highest BCUT2D eigenvalue weighted by molar-refractivity contribution is 5.96. The molecule has 1 N–H and O–H groups in total. The van der Waals surface area contributed by atoms with Gasteiger partial charge in [-0.05, 0) is 48.9 Å². The number of carbonyl (C=O) groups is 1. The Morgan fingerprint density at radius 2 is 2.04 bits per heavy atom. The number of ether oxygens (including phenoxy) is 1. The molecule has 1 aromatic heterocycles. The van der Waals surface area contributed by atoms with Crippen LogP contribution in [-0.2, 0) is 6.18 Å². The van der Waals surface area contributed by atoms with Crippen LogP contribution in [0.4, 0.5) is 13.2 Å². The zero-order valence-corrected chi connectivity index (χ0v) is 14.2. The fraction of sp³-hybridized carbons (Fsp3) is 0.158. The van der Waals surface area contributed by atoms with E-state index in [1.165, 1.54) is 18.2 Å². The number of furan rings is 1. The molecule has 2 aromatic carbocycles. The van der Waals surface area contributed by atoms with Crippen molar-refractivity contribution in [2.75, 3.05) is 6.61 Å². The van der Waals surface area contributed by atoms with Crippen LogP contribution in [0.1, 0.15) is 28.6 Å². The van der Waals surface area contributed by atoms with E-state index in [0.29, 0.717) is 23.3 Å². The van der Waals surface area contributed by atoms with Crippen LogP contribution in [0, 0.1) is 0 Å². The first-order valence-electron chi connectivity index (χ1n) is 8.04. The van der Waals surface area contributed by atoms with E-state index < -0.39 is 17.6 Å². The van der Waals surface area contributed by atoms with Gasteiger partial charge in [0.25, 0.3) is 0 Å². The third-order valence-electron chi connectivity index (χ3n) is 3.62. The van der Waals surface area contributed by atoms with Crippen LogP contribution in [0.3, 0.4) is 0 Å². The number of nitrogens with one attached hydrogen (secondary N) is 1. The Bertz CT molecular complexity index is 993. The van der Waals surface area contributed by atoms with Crippen LogP contribution in [0.5, 0.6) is 5.75 Å². The van der Waals surface area contributed by atoms with Gasteiger partial charge in [-0.2, -0.15) is 18.3 Å². The Morgan fingerprint density at radius 3 is 2.78 bits per heavy atom. The number of nitrogens with zero attached hydrogens (tertiary/aromatic N) is 1. The smallest absolute Gasteiger partial charge is 0.416 e. The Morgan fingerprint density at radius 1 is 1.22 bits per heavy atom. The molecule has 1 amide bonds. The number of halogens is 3. The number of carbonyl (C=O) groups excluding carboxylic acids is 1. The van der Waals surface area contributed by atoms with Crippen LogP contribution in [0.15, 0.2) is 58.0 Å². The van der Waals surface area contributed by atoms with Crippen molar-refractivity contribution in [2.45, 2.75) is 13.1 Å². The largest absolute Gasteiger partial charge is 0.494 e. The Balaban J connectivity index is 1.70. The van der Waals surface area contributed by atoms with E-state index >= 15 is 0 Å². The summed E-state index contributed by atoms with van der Waals surface area (Å²) in [5.41, 5.74) is 2.15. The van der Waals surface area contributed by atoms with Crippen molar-refractivity contribution < 1.29 is 27.1 Å². The average Bonchev–Trinajstić information content (AvgIpc) is 3.05. The van der Waals surface area contributed by atoms with Crippen molar-refractivity contribution in [3.63, 3.8) is 0 Å². The molecule has 140 valence electrons. The van der Waals surface area contributed by atoms with Gasteiger partial charge in [0.2, 0.25) is 0 Å². The average molecular weight is 376 g/mol. The molecular formula is C19H15F3N2O3. The number of alkyl halides is 3. The number of hydrogen-bond donors (Lipinski definition) is 1. The molecule has 0 aliphatic heterocycles. The first kappa shape index (κ1) is 18.5. The molecule has 0 unspecified atom stereocenters. The number of amides is 1. The predicted octanol–water partition coefficient (Wildman–Crippen LogP) is 4.61. The SMILES string of the molecule is CCOc1ccc2oc(C(=O)N/N=C/c3cccc(C(F)(F)F)c3)cc2c1. The summed E-state index contributed by atoms with van der Waals surface area (Å²) in [4.78, 5) is 12.1. The zero-order valence-electron chi connectivity index (χ0n) is 14.2. The topological polar surface area (TPSA) is 63.8 Å². The summed E-state index contributed by atoms with van der Waals surface area (Å²) < 4.78 is 48.9. The molecule has 0 saturated heterocycles. The third-order valence-corrected chi connectivity index (χ3v) is 3.62. The van der Waals surface area contributed by atoms with Crippen LogP contribution in [0.25, 0.3) is 11.0 Å². The number of hydrazone groups is 1. The highest BCUT2D eigenvalue weighted by atomic mass is 19.4. The van der Waals surface area contributed by atoms with E-state index in [1.807, 2.05) is 6.92 Å². The maximum Gasteiger partial charge on any atom is 0.416 e. The van der Waals surface area contributed by atoms with Crippen LogP contribution in [-0.4, -0.2) is 18.7 Å². The second-order valence-corrected chi connectivity index (χ2v) is 5.57. The van der Waals surface area contributed by atoms with E-state index in [-0.39, 0.29) is 11.3 Å². The molecule has 8 heteroatoms. The van der Waals surface area contributed by atoms with Gasteiger partial charge in [0, 0.05) is 5.39 Å². The standard InChI is InChI=1S/C19H15F3N2O3/c1-2-26-15-6-7-16-13(9-15)10-17(27-16)18(25)24-23-11-12-4-3-5-14(8-12)19(20,21)22/h3-11H,2H2,1H3,(H,24,25)/b23-11+. The molecule has 1 heterocycles. The lowest BCUT2D eigenvalue weighted by Crippen LogP contribution is -2.16. The summed E-state index contributed by atoms with van der Waals surface area (Å²) in [7, 11) is 0. The monoisotopic (exact) mass is 376 g/mol. The van der Waals surface area contributed by atoms with Crippen molar-refractivity contribution >= 4 is 23.1 Å². The van der Waals surface area contributed by atoms with Gasteiger partial charge in [0.05, 0.1) is 18.4 Å². The molecule has 5 nitrogen and oxygen atoms in total. The van der Waals surface area contributed by atoms with Crippen molar-refractivity contribution in [1.29, 1.82) is 0 Å². The first-order chi connectivity index (χ1) is 12.9. The minimum absolute atomic E-state index is 0.0276. The van der Waals surface area contributed by atoms with E-state index in [9.17, 15) is 18.0 Å². The molecule has 0 bridgehead atoms. The minimum atomic E-state index is -4.44. The lowest BCUT2D eigenvalue weighted by Gasteiger charge is -2.06. The maximum atomic E-state index is 12.7. The molecule has 0 spiro atoms. The van der Waals surface area contributed by atoms with Gasteiger partial charge >= 0.3 is 12.1 Å². The highest BCUT2D eigenvalue weighted by Crippen LogP contribution is 2.29. The van der Waals surface area contributed by atoms with Crippen molar-refractivity contribution in [1.82, 2.24) is 5.43 Å². The number of benzene rings is 2. The lowest BCUT2D eigenvalue weighted by atomic mass is 10.1. The van der Waals surface area contributed by atoms with Crippen LogP contribution < -0.4 is 10.2 Å². The summed E-state index contributed by atoms with van der Waals surface area (Å²) in [6.07, 6.45) is -3.31. The molecule has 0 aliphatic rings. The Hall–Kier alpha value is -3.29. The number of fused-ring (bicyclic) bond motifs is 1. The maximum absolute atomic E-state index is 12.7. The van der Waals surface area contributed by atoms with Crippen LogP contribution in [0.2, 0.25) is 0 Å². The second kappa shape index (κ2) is 7.53. The molecule has 0 radical (unpaired) electrons. The highest BCUT2D eigenvalue weighted by Gasteiger charge is 2.30. The molecule has 27 heavy (non-hydrogen) atoms. The summed E-state index contributed by atoms with van der Waals surface area (Å²) in [5, 5.41) is 4.37. The van der Waals surface area contributed by atoms with Gasteiger partial charge in [0.1, 0.15) is 11.3 Å². The number of rotatable bonds is 5. The van der Waals surface area contributed by atoms with E-state index in [0.717, 1.165) is 18.3 Å². The minimum Gasteiger partial charge on any atom is -0.494 e. The number of hydrogen-bond acceptors (Lipinski definition) is 4. The van der Waals surface area contributed by atoms with Crippen molar-refractivity contribution in [2.24, 2.45) is 5.10 Å². The van der Waals surface area contributed by atoms with E-state index in [2.05, 4.69) is 10.5 Å². The molecule has 0 atom stereocenters. The van der Waals surface area contributed by atoms with Gasteiger partial charge < -0.3 is 9.15 Å². The van der Waals surface area contributed by atoms with Gasteiger partial charge in [0.15, 0.2) is 5.76 Å². The van der Waals surface area contributed by atoms with Crippen LogP contribution >= 0.6 is 0 Å². The van der Waals surface area contributed by atoms with Gasteiger partial charge in [-0.1, -0.05) is 12.1 Å². The van der Waals surface area contributed by atoms with E-state index in [1.54, 1.807) is 18.2 Å². The lowest BCUT2D eigenvalue weighted by molar-refractivity contribution is -0.137. The molecular weight excluding hydrogens is 361 g/mol. The van der Waals surface area contributed by atoms with E-state index in [4.69, 9.17) is 9.15 Å². The normalized spacial score (nSPS) is 11.9. The molecule has 3 aromatic rings. The summed E-state index contributed by atoms with van der Waals surface area (Å²) in [5.74, 6) is 0.0625. The summed E-state index contributed by atoms with van der Waals surface area (Å²) in [6, 6.07) is 11.3. The fourth-order valence-electron chi connectivity index (χ4n) is 2.41. The molecule has 3 rings (SSSR count). The second-order valence-electron chi connectivity index (χ2n) is 5.57. The van der Waals surface area contributed by atoms with Gasteiger partial charge in [-0.15, -0.1) is 0 Å².